The largest absolute Gasteiger partial charge is 0.141 e. The minimum Gasteiger partial charge on any atom is -0.0666 e. The second-order valence-electron chi connectivity index (χ2n) is 6.40. The molecule has 0 unspecified atom stereocenters. The lowest BCUT2D eigenvalue weighted by molar-refractivity contribution is 1.27. The first-order chi connectivity index (χ1) is 11.3. The molecular formula is C22H20Si. The number of hydrogen-bond donors (Lipinski definition) is 0. The van der Waals surface area contributed by atoms with Crippen molar-refractivity contribution in [3.8, 4) is 0 Å². The predicted molar refractivity (Wildman–Crippen MR) is 102 cm³/mol. The van der Waals surface area contributed by atoms with Gasteiger partial charge in [0, 0.05) is 0 Å². The summed E-state index contributed by atoms with van der Waals surface area (Å²) >= 11 is 0. The molecule has 0 radical (unpaired) electrons. The third kappa shape index (κ3) is 2.38. The summed E-state index contributed by atoms with van der Waals surface area (Å²) in [5, 5.41) is 4.59. The molecule has 3 aromatic carbocycles. The third-order valence-corrected chi connectivity index (χ3v) is 9.69. The Morgan fingerprint density at radius 3 is 1.74 bits per heavy atom. The van der Waals surface area contributed by atoms with E-state index in [9.17, 15) is 0 Å². The first-order valence-corrected chi connectivity index (χ1v) is 10.7. The van der Waals surface area contributed by atoms with E-state index >= 15 is 0 Å². The summed E-state index contributed by atoms with van der Waals surface area (Å²) in [4.78, 5) is 0. The first kappa shape index (κ1) is 14.2. The Morgan fingerprint density at radius 2 is 1.17 bits per heavy atom. The summed E-state index contributed by atoms with van der Waals surface area (Å²) in [6, 6.07) is 31.0. The predicted octanol–water partition coefficient (Wildman–Crippen LogP) is 4.06. The minimum absolute atomic E-state index is 1.09. The van der Waals surface area contributed by atoms with Crippen molar-refractivity contribution in [3.05, 3.63) is 101 Å². The molecule has 0 N–H and O–H groups in total. The standard InChI is InChI=1S/C22H20Si/c1-23(20-12-4-2-5-13-20,21-14-6-3-7-15-21)22-16-18-10-8-9-11-19(18)17-22/h2-16H,17H2,1H3. The van der Waals surface area contributed by atoms with Crippen LogP contribution in [-0.2, 0) is 6.42 Å². The van der Waals surface area contributed by atoms with E-state index in [1.54, 1.807) is 5.20 Å². The van der Waals surface area contributed by atoms with Crippen LogP contribution in [0, 0.1) is 0 Å². The Hall–Kier alpha value is -2.38. The summed E-state index contributed by atoms with van der Waals surface area (Å²) in [6.45, 7) is 2.50. The van der Waals surface area contributed by atoms with Gasteiger partial charge >= 0.3 is 0 Å². The highest BCUT2D eigenvalue weighted by Crippen LogP contribution is 2.30. The summed E-state index contributed by atoms with van der Waals surface area (Å²) in [7, 11) is -1.91. The first-order valence-electron chi connectivity index (χ1n) is 8.18. The molecule has 0 aromatic heterocycles. The fourth-order valence-corrected chi connectivity index (χ4v) is 7.46. The molecule has 1 aliphatic carbocycles. The van der Waals surface area contributed by atoms with Gasteiger partial charge in [0.05, 0.1) is 0 Å². The molecule has 0 nitrogen and oxygen atoms in total. The summed E-state index contributed by atoms with van der Waals surface area (Å²) in [5.41, 5.74) is 2.86. The van der Waals surface area contributed by atoms with Gasteiger partial charge in [-0.05, 0) is 27.9 Å². The second kappa shape index (κ2) is 5.67. The number of hydrogen-bond acceptors (Lipinski definition) is 0. The molecule has 23 heavy (non-hydrogen) atoms. The molecule has 0 bridgehead atoms. The van der Waals surface area contributed by atoms with E-state index in [0.29, 0.717) is 0 Å². The molecule has 0 amide bonds. The van der Waals surface area contributed by atoms with Crippen LogP contribution in [0.1, 0.15) is 11.1 Å². The van der Waals surface area contributed by atoms with E-state index in [-0.39, 0.29) is 0 Å². The maximum absolute atomic E-state index is 2.50. The molecule has 0 saturated heterocycles. The Bertz CT molecular complexity index is 808. The molecule has 4 rings (SSSR count). The molecule has 0 atom stereocenters. The van der Waals surface area contributed by atoms with Crippen molar-refractivity contribution in [2.45, 2.75) is 13.0 Å². The van der Waals surface area contributed by atoms with Crippen molar-refractivity contribution < 1.29 is 0 Å². The lowest BCUT2D eigenvalue weighted by atomic mass is 10.1. The van der Waals surface area contributed by atoms with Gasteiger partial charge in [0.15, 0.2) is 0 Å². The number of benzene rings is 3. The molecule has 0 spiro atoms. The Labute approximate surface area is 139 Å². The van der Waals surface area contributed by atoms with Gasteiger partial charge in [-0.1, -0.05) is 103 Å². The zero-order valence-electron chi connectivity index (χ0n) is 13.4. The number of allylic oxidation sites excluding steroid dienone is 1. The van der Waals surface area contributed by atoms with Crippen LogP contribution in [-0.4, -0.2) is 8.07 Å². The van der Waals surface area contributed by atoms with Gasteiger partial charge < -0.3 is 0 Å². The number of rotatable bonds is 3. The van der Waals surface area contributed by atoms with E-state index in [2.05, 4.69) is 97.6 Å². The summed E-state index contributed by atoms with van der Waals surface area (Å²) in [5.74, 6) is 0. The van der Waals surface area contributed by atoms with Crippen LogP contribution < -0.4 is 10.4 Å². The SMILES string of the molecule is C[Si](C1=Cc2ccccc2C1)(c1ccccc1)c1ccccc1. The normalized spacial score (nSPS) is 13.5. The van der Waals surface area contributed by atoms with E-state index in [0.717, 1.165) is 6.42 Å². The van der Waals surface area contributed by atoms with Crippen molar-refractivity contribution in [2.24, 2.45) is 0 Å². The van der Waals surface area contributed by atoms with Crippen molar-refractivity contribution in [3.63, 3.8) is 0 Å². The monoisotopic (exact) mass is 312 g/mol. The molecule has 1 aliphatic rings. The van der Waals surface area contributed by atoms with Crippen molar-refractivity contribution >= 4 is 24.5 Å². The van der Waals surface area contributed by atoms with Gasteiger partial charge in [0.25, 0.3) is 0 Å². The Morgan fingerprint density at radius 1 is 0.652 bits per heavy atom. The summed E-state index contributed by atoms with van der Waals surface area (Å²) < 4.78 is 0. The smallest absolute Gasteiger partial charge is 0.0666 e. The molecule has 0 aliphatic heterocycles. The Kier molecular flexibility index (Phi) is 3.51. The van der Waals surface area contributed by atoms with Gasteiger partial charge in [0.1, 0.15) is 8.07 Å². The Balaban J connectivity index is 1.89. The van der Waals surface area contributed by atoms with Crippen LogP contribution >= 0.6 is 0 Å². The van der Waals surface area contributed by atoms with Crippen LogP contribution in [0.3, 0.4) is 0 Å². The maximum atomic E-state index is 2.50. The average molecular weight is 312 g/mol. The molecule has 0 saturated carbocycles. The summed E-state index contributed by atoms with van der Waals surface area (Å²) in [6.07, 6.45) is 3.53. The zero-order valence-corrected chi connectivity index (χ0v) is 14.4. The zero-order chi connectivity index (χ0) is 15.7. The van der Waals surface area contributed by atoms with Crippen molar-refractivity contribution in [1.29, 1.82) is 0 Å². The van der Waals surface area contributed by atoms with E-state index in [4.69, 9.17) is 0 Å². The van der Waals surface area contributed by atoms with Gasteiger partial charge in [0.2, 0.25) is 0 Å². The molecular weight excluding hydrogens is 292 g/mol. The van der Waals surface area contributed by atoms with Crippen LogP contribution in [0.4, 0.5) is 0 Å². The molecule has 0 heterocycles. The van der Waals surface area contributed by atoms with Gasteiger partial charge in [-0.3, -0.25) is 0 Å². The topological polar surface area (TPSA) is 0 Å². The van der Waals surface area contributed by atoms with E-state index in [1.807, 2.05) is 0 Å². The van der Waals surface area contributed by atoms with Gasteiger partial charge in [-0.25, -0.2) is 0 Å². The van der Waals surface area contributed by atoms with E-state index in [1.165, 1.54) is 21.5 Å². The minimum atomic E-state index is -1.91. The van der Waals surface area contributed by atoms with Crippen molar-refractivity contribution in [2.75, 3.05) is 0 Å². The quantitative estimate of drug-likeness (QED) is 0.640. The van der Waals surface area contributed by atoms with Crippen LogP contribution in [0.15, 0.2) is 90.1 Å². The van der Waals surface area contributed by atoms with Crippen molar-refractivity contribution in [1.82, 2.24) is 0 Å². The van der Waals surface area contributed by atoms with Crippen LogP contribution in [0.25, 0.3) is 6.08 Å². The molecule has 1 heteroatoms. The highest BCUT2D eigenvalue weighted by molar-refractivity contribution is 7.07. The van der Waals surface area contributed by atoms with Crippen LogP contribution in [0.5, 0.6) is 0 Å². The highest BCUT2D eigenvalue weighted by Gasteiger charge is 2.37. The van der Waals surface area contributed by atoms with Gasteiger partial charge in [-0.2, -0.15) is 0 Å². The molecule has 112 valence electrons. The molecule has 0 fully saturated rings. The van der Waals surface area contributed by atoms with Gasteiger partial charge in [-0.15, -0.1) is 0 Å². The second-order valence-corrected chi connectivity index (χ2v) is 10.4. The third-order valence-electron chi connectivity index (χ3n) is 5.11. The highest BCUT2D eigenvalue weighted by atomic mass is 28.3. The maximum Gasteiger partial charge on any atom is 0.141 e. The fraction of sp³-hybridized carbons (Fsp3) is 0.0909. The lowest BCUT2D eigenvalue weighted by Crippen LogP contribution is -2.57. The fourth-order valence-electron chi connectivity index (χ4n) is 3.68. The number of fused-ring (bicyclic) bond motifs is 1. The lowest BCUT2D eigenvalue weighted by Gasteiger charge is -2.30. The van der Waals surface area contributed by atoms with Crippen LogP contribution in [0.2, 0.25) is 6.55 Å². The average Bonchev–Trinajstić information content (AvgIpc) is 3.07. The van der Waals surface area contributed by atoms with E-state index < -0.39 is 8.07 Å². The molecule has 3 aromatic rings.